The fourth-order valence-electron chi connectivity index (χ4n) is 5.63. The zero-order valence-corrected chi connectivity index (χ0v) is 26.0. The van der Waals surface area contributed by atoms with Gasteiger partial charge in [-0.25, -0.2) is 0 Å². The first-order chi connectivity index (χ1) is 21.5. The molecule has 17 heteroatoms. The van der Waals surface area contributed by atoms with Gasteiger partial charge in [0.2, 0.25) is 18.1 Å². The van der Waals surface area contributed by atoms with Crippen LogP contribution in [0.25, 0.3) is 0 Å². The van der Waals surface area contributed by atoms with E-state index in [1.54, 1.807) is 20.0 Å². The summed E-state index contributed by atoms with van der Waals surface area (Å²) in [6.07, 6.45) is -5.30. The molecule has 3 aliphatic rings. The van der Waals surface area contributed by atoms with Crippen molar-refractivity contribution in [2.45, 2.75) is 112 Å². The number of ether oxygens (including phenoxy) is 4. The van der Waals surface area contributed by atoms with Crippen LogP contribution in [0.3, 0.4) is 0 Å². The molecular formula is C28H53N7O10. The highest BCUT2D eigenvalue weighted by molar-refractivity contribution is 5.82. The van der Waals surface area contributed by atoms with Crippen molar-refractivity contribution in [3.8, 4) is 0 Å². The van der Waals surface area contributed by atoms with Gasteiger partial charge in [0.1, 0.15) is 36.3 Å². The Morgan fingerprint density at radius 3 is 2.58 bits per heavy atom. The van der Waals surface area contributed by atoms with Crippen molar-refractivity contribution in [1.29, 1.82) is 0 Å². The first kappa shape index (κ1) is 37.5. The largest absolute Gasteiger partial charge is 0.466 e. The molecule has 0 radical (unpaired) electrons. The lowest BCUT2D eigenvalue weighted by atomic mass is 9.83. The molecule has 14 N–H and O–H groups in total. The lowest BCUT2D eigenvalue weighted by Crippen LogP contribution is -2.67. The second-order valence-electron chi connectivity index (χ2n) is 11.7. The maximum atomic E-state index is 12.9. The van der Waals surface area contributed by atoms with Gasteiger partial charge in [-0.05, 0) is 65.2 Å². The van der Waals surface area contributed by atoms with Crippen molar-refractivity contribution in [1.82, 2.24) is 21.3 Å². The molecule has 1 saturated heterocycles. The first-order valence-electron chi connectivity index (χ1n) is 15.6. The van der Waals surface area contributed by atoms with E-state index in [0.717, 1.165) is 13.0 Å². The highest BCUT2D eigenvalue weighted by Gasteiger charge is 2.49. The van der Waals surface area contributed by atoms with E-state index < -0.39 is 73.2 Å². The lowest BCUT2D eigenvalue weighted by molar-refractivity contribution is -0.273. The molecule has 2 amide bonds. The summed E-state index contributed by atoms with van der Waals surface area (Å²) in [5.74, 6) is -0.507. The van der Waals surface area contributed by atoms with Gasteiger partial charge in [-0.1, -0.05) is 0 Å². The van der Waals surface area contributed by atoms with Crippen LogP contribution in [0.1, 0.15) is 39.0 Å². The predicted molar refractivity (Wildman–Crippen MR) is 161 cm³/mol. The van der Waals surface area contributed by atoms with Gasteiger partial charge >= 0.3 is 0 Å². The maximum Gasteiger partial charge on any atom is 0.249 e. The SMILES string of the molecule is CN[C@@H](C)[C@@H](O)[C@H](OCCO)O[C@@H]1[C@@H](O)[C@H](O[C@H]2OC(CN)=CC[C@H]2NC(=O)C2CCCN2)[C@@H](N)C[C@H]1NC(=O)[C@@H](O)CCN. The van der Waals surface area contributed by atoms with Gasteiger partial charge < -0.3 is 77.8 Å². The Labute approximate surface area is 263 Å². The summed E-state index contributed by atoms with van der Waals surface area (Å²) in [5, 5.41) is 53.9. The molecule has 2 aliphatic heterocycles. The molecule has 3 rings (SSSR count). The van der Waals surface area contributed by atoms with E-state index >= 15 is 0 Å². The molecule has 1 saturated carbocycles. The van der Waals surface area contributed by atoms with E-state index in [1.165, 1.54) is 0 Å². The van der Waals surface area contributed by atoms with Gasteiger partial charge in [0.25, 0.3) is 0 Å². The van der Waals surface area contributed by atoms with Crippen molar-refractivity contribution in [3.05, 3.63) is 11.8 Å². The molecular weight excluding hydrogens is 594 g/mol. The third-order valence-corrected chi connectivity index (χ3v) is 8.39. The lowest BCUT2D eigenvalue weighted by Gasteiger charge is -2.46. The maximum absolute atomic E-state index is 12.9. The van der Waals surface area contributed by atoms with Gasteiger partial charge in [-0.15, -0.1) is 0 Å². The minimum Gasteiger partial charge on any atom is -0.466 e. The van der Waals surface area contributed by atoms with Gasteiger partial charge in [-0.3, -0.25) is 9.59 Å². The van der Waals surface area contributed by atoms with Crippen LogP contribution < -0.4 is 38.5 Å². The van der Waals surface area contributed by atoms with Crippen LogP contribution in [0, 0.1) is 0 Å². The van der Waals surface area contributed by atoms with Gasteiger partial charge in [0.05, 0.1) is 37.9 Å². The van der Waals surface area contributed by atoms with E-state index in [2.05, 4.69) is 21.3 Å². The topological polar surface area (TPSA) is 278 Å². The Morgan fingerprint density at radius 1 is 1.20 bits per heavy atom. The van der Waals surface area contributed by atoms with E-state index in [4.69, 9.17) is 36.1 Å². The highest BCUT2D eigenvalue weighted by Crippen LogP contribution is 2.30. The average Bonchev–Trinajstić information content (AvgIpc) is 3.58. The Balaban J connectivity index is 1.86. The molecule has 260 valence electrons. The van der Waals surface area contributed by atoms with Crippen molar-refractivity contribution in [2.75, 3.05) is 39.9 Å². The summed E-state index contributed by atoms with van der Waals surface area (Å²) >= 11 is 0. The number of amides is 2. The second-order valence-corrected chi connectivity index (χ2v) is 11.7. The number of aliphatic hydroxyl groups excluding tert-OH is 4. The monoisotopic (exact) mass is 647 g/mol. The average molecular weight is 648 g/mol. The predicted octanol–water partition coefficient (Wildman–Crippen LogP) is -4.83. The minimum absolute atomic E-state index is 0.00452. The highest BCUT2D eigenvalue weighted by atomic mass is 16.7. The Morgan fingerprint density at radius 2 is 1.96 bits per heavy atom. The van der Waals surface area contributed by atoms with Crippen LogP contribution in [-0.4, -0.2) is 145 Å². The van der Waals surface area contributed by atoms with Crippen LogP contribution in [0.4, 0.5) is 0 Å². The molecule has 12 atom stereocenters. The zero-order chi connectivity index (χ0) is 33.1. The number of carbonyl (C=O) groups excluding carboxylic acids is 2. The molecule has 45 heavy (non-hydrogen) atoms. The molecule has 0 spiro atoms. The standard InChI is InChI=1S/C28H53N7O10/c1-14(32-2)21(38)28(42-11-10-36)45-24-19(35-26(41)20(37)7-8-29)12-16(31)23(22(24)39)44-27-18(6-5-15(13-30)43-27)34-25(40)17-4-3-9-33-17/h5,14,16-24,27-28,32-33,36-39H,3-4,6-13,29-31H2,1-2H3,(H,34,40)(H,35,41)/t14-,16-,17?,18+,19+,20-,21+,22-,23+,24-,27+,28+/m0/s1. The van der Waals surface area contributed by atoms with E-state index in [1.807, 2.05) is 0 Å². The van der Waals surface area contributed by atoms with Crippen molar-refractivity contribution < 1.29 is 49.0 Å². The van der Waals surface area contributed by atoms with E-state index in [-0.39, 0.29) is 51.1 Å². The molecule has 0 aromatic carbocycles. The Kier molecular flexibility index (Phi) is 15.3. The summed E-state index contributed by atoms with van der Waals surface area (Å²) in [7, 11) is 1.63. The van der Waals surface area contributed by atoms with Crippen molar-refractivity contribution in [3.63, 3.8) is 0 Å². The molecule has 0 aromatic heterocycles. The summed E-state index contributed by atoms with van der Waals surface area (Å²) in [6.45, 7) is 2.03. The number of hydrogen-bond donors (Lipinski definition) is 11. The fraction of sp³-hybridized carbons (Fsp3) is 0.857. The molecule has 0 aromatic rings. The van der Waals surface area contributed by atoms with Crippen LogP contribution in [-0.2, 0) is 28.5 Å². The Hall–Kier alpha value is -2.00. The normalized spacial score (nSPS) is 33.0. The van der Waals surface area contributed by atoms with Gasteiger partial charge in [0, 0.05) is 12.1 Å². The van der Waals surface area contributed by atoms with Crippen molar-refractivity contribution >= 4 is 11.8 Å². The minimum atomic E-state index is -1.52. The number of nitrogens with one attached hydrogen (secondary N) is 4. The van der Waals surface area contributed by atoms with Crippen LogP contribution in [0.2, 0.25) is 0 Å². The summed E-state index contributed by atoms with van der Waals surface area (Å²) in [5.41, 5.74) is 17.8. The number of aliphatic hydroxyl groups is 4. The van der Waals surface area contributed by atoms with E-state index in [9.17, 15) is 30.0 Å². The third-order valence-electron chi connectivity index (χ3n) is 8.39. The molecule has 2 heterocycles. The Bertz CT molecular complexity index is 959. The number of nitrogens with two attached hydrogens (primary N) is 3. The quantitative estimate of drug-likeness (QED) is 0.0661. The first-order valence-corrected chi connectivity index (χ1v) is 15.6. The number of carbonyl (C=O) groups is 2. The van der Waals surface area contributed by atoms with Crippen molar-refractivity contribution in [2.24, 2.45) is 17.2 Å². The summed E-state index contributed by atoms with van der Waals surface area (Å²) in [6, 6.07) is -3.33. The number of rotatable bonds is 17. The molecule has 1 unspecified atom stereocenters. The van der Waals surface area contributed by atoms with Crippen LogP contribution in [0.5, 0.6) is 0 Å². The van der Waals surface area contributed by atoms with Gasteiger partial charge in [0.15, 0.2) is 6.29 Å². The third kappa shape index (κ3) is 10.2. The molecule has 1 aliphatic carbocycles. The second kappa shape index (κ2) is 18.4. The number of hydrogen-bond acceptors (Lipinski definition) is 15. The van der Waals surface area contributed by atoms with Gasteiger partial charge in [-0.2, -0.15) is 0 Å². The summed E-state index contributed by atoms with van der Waals surface area (Å²) in [4.78, 5) is 25.7. The zero-order valence-electron chi connectivity index (χ0n) is 26.0. The molecule has 2 fully saturated rings. The fourth-order valence-corrected chi connectivity index (χ4v) is 5.63. The van der Waals surface area contributed by atoms with Crippen LogP contribution in [0.15, 0.2) is 11.8 Å². The molecule has 17 nitrogen and oxygen atoms in total. The van der Waals surface area contributed by atoms with Crippen LogP contribution >= 0.6 is 0 Å². The number of likely N-dealkylation sites (N-methyl/N-ethyl adjacent to an activating group) is 1. The smallest absolute Gasteiger partial charge is 0.249 e. The van der Waals surface area contributed by atoms with E-state index in [0.29, 0.717) is 18.6 Å². The molecule has 0 bridgehead atoms. The summed E-state index contributed by atoms with van der Waals surface area (Å²) < 4.78 is 24.0.